The Morgan fingerprint density at radius 2 is 2.00 bits per heavy atom. The van der Waals surface area contributed by atoms with Crippen LogP contribution in [0.1, 0.15) is 37.6 Å². The molecule has 1 aliphatic carbocycles. The molecule has 0 amide bonds. The van der Waals surface area contributed by atoms with Crippen LogP contribution < -0.4 is 5.32 Å². The van der Waals surface area contributed by atoms with E-state index in [1.54, 1.807) is 0 Å². The van der Waals surface area contributed by atoms with E-state index >= 15 is 0 Å². The summed E-state index contributed by atoms with van der Waals surface area (Å²) in [7, 11) is 0. The summed E-state index contributed by atoms with van der Waals surface area (Å²) in [5, 5.41) is 4.30. The zero-order chi connectivity index (χ0) is 12.3. The fourth-order valence-electron chi connectivity index (χ4n) is 2.43. The first-order chi connectivity index (χ1) is 8.17. The molecule has 17 heavy (non-hydrogen) atoms. The number of aromatic nitrogens is 2. The maximum absolute atomic E-state index is 4.44. The van der Waals surface area contributed by atoms with Crippen molar-refractivity contribution in [1.82, 2.24) is 9.97 Å². The standard InChI is InChI=1S/C13H21N3S/c1-4-17-12-6-5-11(8-12)16-13-14-9(2)7-10(3)15-13/h7,11-12H,4-6,8H2,1-3H3,(H,14,15,16). The number of hydrogen-bond acceptors (Lipinski definition) is 4. The highest BCUT2D eigenvalue weighted by Crippen LogP contribution is 2.30. The summed E-state index contributed by atoms with van der Waals surface area (Å²) < 4.78 is 0. The quantitative estimate of drug-likeness (QED) is 0.892. The van der Waals surface area contributed by atoms with Crippen molar-refractivity contribution in [3.05, 3.63) is 17.5 Å². The molecule has 0 saturated heterocycles. The topological polar surface area (TPSA) is 37.8 Å². The van der Waals surface area contributed by atoms with Crippen molar-refractivity contribution in [2.45, 2.75) is 51.3 Å². The van der Waals surface area contributed by atoms with Crippen LogP contribution in [0.5, 0.6) is 0 Å². The van der Waals surface area contributed by atoms with E-state index in [2.05, 4.69) is 34.0 Å². The van der Waals surface area contributed by atoms with E-state index < -0.39 is 0 Å². The van der Waals surface area contributed by atoms with Crippen LogP contribution in [0.3, 0.4) is 0 Å². The van der Waals surface area contributed by atoms with E-state index in [9.17, 15) is 0 Å². The van der Waals surface area contributed by atoms with Gasteiger partial charge in [-0.05, 0) is 44.9 Å². The Morgan fingerprint density at radius 3 is 2.65 bits per heavy atom. The van der Waals surface area contributed by atoms with E-state index in [4.69, 9.17) is 0 Å². The van der Waals surface area contributed by atoms with Gasteiger partial charge < -0.3 is 5.32 Å². The summed E-state index contributed by atoms with van der Waals surface area (Å²) in [4.78, 5) is 8.88. The van der Waals surface area contributed by atoms with E-state index in [1.807, 2.05) is 19.9 Å². The fraction of sp³-hybridized carbons (Fsp3) is 0.692. The predicted molar refractivity (Wildman–Crippen MR) is 74.7 cm³/mol. The van der Waals surface area contributed by atoms with Gasteiger partial charge in [0.15, 0.2) is 0 Å². The van der Waals surface area contributed by atoms with Gasteiger partial charge in [-0.25, -0.2) is 9.97 Å². The molecule has 2 unspecified atom stereocenters. The fourth-order valence-corrected chi connectivity index (χ4v) is 3.57. The highest BCUT2D eigenvalue weighted by molar-refractivity contribution is 7.99. The minimum absolute atomic E-state index is 0.556. The van der Waals surface area contributed by atoms with Crippen molar-refractivity contribution < 1.29 is 0 Å². The van der Waals surface area contributed by atoms with Gasteiger partial charge in [0.2, 0.25) is 5.95 Å². The smallest absolute Gasteiger partial charge is 0.223 e. The number of nitrogens with zero attached hydrogens (tertiary/aromatic N) is 2. The maximum atomic E-state index is 4.44. The summed E-state index contributed by atoms with van der Waals surface area (Å²) in [6.07, 6.45) is 3.81. The van der Waals surface area contributed by atoms with E-state index in [0.717, 1.165) is 22.6 Å². The predicted octanol–water partition coefficient (Wildman–Crippen LogP) is 3.18. The molecule has 94 valence electrons. The lowest BCUT2D eigenvalue weighted by Gasteiger charge is -2.13. The van der Waals surface area contributed by atoms with Gasteiger partial charge in [-0.3, -0.25) is 0 Å². The second-order valence-corrected chi connectivity index (χ2v) is 6.28. The van der Waals surface area contributed by atoms with Crippen molar-refractivity contribution in [1.29, 1.82) is 0 Å². The molecule has 0 aliphatic heterocycles. The van der Waals surface area contributed by atoms with E-state index in [1.165, 1.54) is 25.0 Å². The van der Waals surface area contributed by atoms with Crippen LogP contribution in [-0.2, 0) is 0 Å². The molecule has 1 aliphatic rings. The lowest BCUT2D eigenvalue weighted by molar-refractivity contribution is 0.743. The van der Waals surface area contributed by atoms with Crippen molar-refractivity contribution in [2.75, 3.05) is 11.1 Å². The minimum Gasteiger partial charge on any atom is -0.351 e. The molecule has 2 rings (SSSR count). The van der Waals surface area contributed by atoms with Crippen molar-refractivity contribution >= 4 is 17.7 Å². The van der Waals surface area contributed by atoms with Crippen LogP contribution in [0, 0.1) is 13.8 Å². The first-order valence-corrected chi connectivity index (χ1v) is 7.42. The SMILES string of the molecule is CCSC1CCC(Nc2nc(C)cc(C)n2)C1. The van der Waals surface area contributed by atoms with Gasteiger partial charge in [0.1, 0.15) is 0 Å². The summed E-state index contributed by atoms with van der Waals surface area (Å²) in [5.41, 5.74) is 2.08. The molecule has 1 aromatic rings. The summed E-state index contributed by atoms with van der Waals surface area (Å²) in [5.74, 6) is 2.02. The monoisotopic (exact) mass is 251 g/mol. The molecule has 0 spiro atoms. The zero-order valence-electron chi connectivity index (χ0n) is 10.9. The lowest BCUT2D eigenvalue weighted by Crippen LogP contribution is -2.18. The number of rotatable bonds is 4. The molecule has 3 nitrogen and oxygen atoms in total. The molecular formula is C13H21N3S. The van der Waals surface area contributed by atoms with Crippen molar-refractivity contribution in [3.8, 4) is 0 Å². The van der Waals surface area contributed by atoms with Gasteiger partial charge in [0.25, 0.3) is 0 Å². The first-order valence-electron chi connectivity index (χ1n) is 6.37. The molecular weight excluding hydrogens is 230 g/mol. The normalized spacial score (nSPS) is 23.9. The third-order valence-electron chi connectivity index (χ3n) is 3.10. The largest absolute Gasteiger partial charge is 0.351 e. The van der Waals surface area contributed by atoms with Crippen LogP contribution in [0.2, 0.25) is 0 Å². The summed E-state index contributed by atoms with van der Waals surface area (Å²) >= 11 is 2.08. The van der Waals surface area contributed by atoms with Crippen molar-refractivity contribution in [2.24, 2.45) is 0 Å². The van der Waals surface area contributed by atoms with Crippen LogP contribution in [0.15, 0.2) is 6.07 Å². The van der Waals surface area contributed by atoms with Gasteiger partial charge in [-0.15, -0.1) is 0 Å². The van der Waals surface area contributed by atoms with Crippen LogP contribution in [0.25, 0.3) is 0 Å². The van der Waals surface area contributed by atoms with Crippen molar-refractivity contribution in [3.63, 3.8) is 0 Å². The Bertz CT molecular complexity index is 361. The van der Waals surface area contributed by atoms with E-state index in [0.29, 0.717) is 6.04 Å². The highest BCUT2D eigenvalue weighted by atomic mass is 32.2. The Labute approximate surface area is 108 Å². The first kappa shape index (κ1) is 12.7. The number of hydrogen-bond donors (Lipinski definition) is 1. The number of aryl methyl sites for hydroxylation is 2. The number of thioether (sulfide) groups is 1. The molecule has 1 heterocycles. The van der Waals surface area contributed by atoms with Gasteiger partial charge in [-0.1, -0.05) is 6.92 Å². The Balaban J connectivity index is 1.93. The molecule has 0 radical (unpaired) electrons. The molecule has 4 heteroatoms. The summed E-state index contributed by atoms with van der Waals surface area (Å²) in [6.45, 7) is 6.27. The average Bonchev–Trinajstić information content (AvgIpc) is 2.64. The molecule has 2 atom stereocenters. The van der Waals surface area contributed by atoms with Gasteiger partial charge in [0, 0.05) is 22.7 Å². The molecule has 1 fully saturated rings. The molecule has 0 bridgehead atoms. The second kappa shape index (κ2) is 5.71. The Kier molecular flexibility index (Phi) is 4.26. The van der Waals surface area contributed by atoms with Gasteiger partial charge in [-0.2, -0.15) is 11.8 Å². The van der Waals surface area contributed by atoms with Crippen LogP contribution in [-0.4, -0.2) is 27.0 Å². The molecule has 1 aromatic heterocycles. The zero-order valence-corrected chi connectivity index (χ0v) is 11.7. The van der Waals surface area contributed by atoms with Gasteiger partial charge in [0.05, 0.1) is 0 Å². The third kappa shape index (κ3) is 3.60. The minimum atomic E-state index is 0.556. The van der Waals surface area contributed by atoms with E-state index in [-0.39, 0.29) is 0 Å². The second-order valence-electron chi connectivity index (χ2n) is 4.71. The molecule has 1 saturated carbocycles. The average molecular weight is 251 g/mol. The summed E-state index contributed by atoms with van der Waals surface area (Å²) in [6, 6.07) is 2.57. The third-order valence-corrected chi connectivity index (χ3v) is 4.34. The number of nitrogens with one attached hydrogen (secondary N) is 1. The highest BCUT2D eigenvalue weighted by Gasteiger charge is 2.24. The van der Waals surface area contributed by atoms with Crippen LogP contribution >= 0.6 is 11.8 Å². The van der Waals surface area contributed by atoms with Gasteiger partial charge >= 0.3 is 0 Å². The van der Waals surface area contributed by atoms with Crippen LogP contribution in [0.4, 0.5) is 5.95 Å². The lowest BCUT2D eigenvalue weighted by atomic mass is 10.2. The molecule has 1 N–H and O–H groups in total. The molecule has 0 aromatic carbocycles. The maximum Gasteiger partial charge on any atom is 0.223 e. The number of anilines is 1. The Morgan fingerprint density at radius 1 is 1.29 bits per heavy atom. The Hall–Kier alpha value is -0.770.